The number of para-hydroxylation sites is 1. The summed E-state index contributed by atoms with van der Waals surface area (Å²) >= 11 is 0. The topological polar surface area (TPSA) is 77.9 Å². The van der Waals surface area contributed by atoms with Gasteiger partial charge in [-0.1, -0.05) is 18.2 Å². The molecule has 0 spiro atoms. The Bertz CT molecular complexity index is 597. The molecule has 1 aromatic rings. The van der Waals surface area contributed by atoms with Crippen LogP contribution in [0.15, 0.2) is 24.3 Å². The number of carbonyl (C=O) groups excluding carboxylic acids is 2. The van der Waals surface area contributed by atoms with E-state index in [-0.39, 0.29) is 31.2 Å². The van der Waals surface area contributed by atoms with Crippen LogP contribution in [-0.4, -0.2) is 46.9 Å². The van der Waals surface area contributed by atoms with Gasteiger partial charge >= 0.3 is 5.97 Å². The molecule has 110 valence electrons. The molecule has 6 nitrogen and oxygen atoms in total. The normalized spacial score (nSPS) is 21.0. The number of benzene rings is 1. The van der Waals surface area contributed by atoms with Crippen molar-refractivity contribution >= 4 is 23.5 Å². The number of carboxylic acids is 1. The van der Waals surface area contributed by atoms with Gasteiger partial charge in [0.05, 0.1) is 0 Å². The number of hydrogen-bond donors (Lipinski definition) is 1. The van der Waals surface area contributed by atoms with Crippen molar-refractivity contribution in [1.82, 2.24) is 4.90 Å². The highest BCUT2D eigenvalue weighted by Gasteiger charge is 2.35. The van der Waals surface area contributed by atoms with E-state index < -0.39 is 12.0 Å². The quantitative estimate of drug-likeness (QED) is 0.823. The van der Waals surface area contributed by atoms with Crippen molar-refractivity contribution in [2.45, 2.75) is 25.3 Å². The zero-order valence-electron chi connectivity index (χ0n) is 11.5. The molecule has 1 atom stereocenters. The number of carbonyl (C=O) groups is 3. The molecule has 0 saturated carbocycles. The van der Waals surface area contributed by atoms with Crippen LogP contribution in [0.25, 0.3) is 0 Å². The molecular formula is C15H16N2O4. The molecular weight excluding hydrogens is 272 g/mol. The first-order valence-corrected chi connectivity index (χ1v) is 6.98. The number of carboxylic acid groups (broad SMARTS) is 1. The molecule has 1 N–H and O–H groups in total. The summed E-state index contributed by atoms with van der Waals surface area (Å²) < 4.78 is 0. The average molecular weight is 288 g/mol. The van der Waals surface area contributed by atoms with E-state index in [1.54, 1.807) is 4.90 Å². The van der Waals surface area contributed by atoms with Crippen LogP contribution in [-0.2, 0) is 20.8 Å². The summed E-state index contributed by atoms with van der Waals surface area (Å²) in [5.41, 5.74) is 1.87. The van der Waals surface area contributed by atoms with Gasteiger partial charge < -0.3 is 10.0 Å². The van der Waals surface area contributed by atoms with Gasteiger partial charge in [0.2, 0.25) is 11.8 Å². The van der Waals surface area contributed by atoms with Crippen LogP contribution in [0.1, 0.15) is 18.4 Å². The molecule has 1 aromatic carbocycles. The van der Waals surface area contributed by atoms with Crippen LogP contribution in [0.3, 0.4) is 0 Å². The minimum Gasteiger partial charge on any atom is -0.480 e. The van der Waals surface area contributed by atoms with Crippen molar-refractivity contribution < 1.29 is 19.5 Å². The van der Waals surface area contributed by atoms with Gasteiger partial charge in [0.15, 0.2) is 0 Å². The smallest absolute Gasteiger partial charge is 0.326 e. The molecule has 21 heavy (non-hydrogen) atoms. The SMILES string of the molecule is O=C(O)C1Cc2ccccc2N1CCN1C(=O)CCC1=O. The Morgan fingerprint density at radius 3 is 2.48 bits per heavy atom. The number of fused-ring (bicyclic) bond motifs is 1. The van der Waals surface area contributed by atoms with Crippen molar-refractivity contribution in [1.29, 1.82) is 0 Å². The minimum absolute atomic E-state index is 0.167. The van der Waals surface area contributed by atoms with Crippen molar-refractivity contribution in [3.8, 4) is 0 Å². The van der Waals surface area contributed by atoms with E-state index in [1.165, 1.54) is 4.90 Å². The molecule has 2 heterocycles. The second-order valence-corrected chi connectivity index (χ2v) is 5.32. The molecule has 0 aliphatic carbocycles. The highest BCUT2D eigenvalue weighted by Crippen LogP contribution is 2.32. The third-order valence-electron chi connectivity index (χ3n) is 4.09. The molecule has 1 fully saturated rings. The first-order valence-electron chi connectivity index (χ1n) is 6.98. The third kappa shape index (κ3) is 2.37. The molecule has 1 saturated heterocycles. The zero-order valence-corrected chi connectivity index (χ0v) is 11.5. The van der Waals surface area contributed by atoms with Crippen molar-refractivity contribution in [2.24, 2.45) is 0 Å². The summed E-state index contributed by atoms with van der Waals surface area (Å²) in [7, 11) is 0. The fourth-order valence-corrected chi connectivity index (χ4v) is 3.03. The van der Waals surface area contributed by atoms with Gasteiger partial charge in [-0.3, -0.25) is 14.5 Å². The van der Waals surface area contributed by atoms with E-state index in [4.69, 9.17) is 0 Å². The zero-order chi connectivity index (χ0) is 15.0. The fourth-order valence-electron chi connectivity index (χ4n) is 3.03. The summed E-state index contributed by atoms with van der Waals surface area (Å²) in [6.07, 6.45) is 0.975. The van der Waals surface area contributed by atoms with Crippen LogP contribution >= 0.6 is 0 Å². The molecule has 0 bridgehead atoms. The summed E-state index contributed by atoms with van der Waals surface area (Å²) in [6.45, 7) is 0.598. The van der Waals surface area contributed by atoms with Crippen molar-refractivity contribution in [3.63, 3.8) is 0 Å². The van der Waals surface area contributed by atoms with Crippen molar-refractivity contribution in [3.05, 3.63) is 29.8 Å². The van der Waals surface area contributed by atoms with Gasteiger partial charge in [0, 0.05) is 38.0 Å². The van der Waals surface area contributed by atoms with E-state index in [0.29, 0.717) is 13.0 Å². The third-order valence-corrected chi connectivity index (χ3v) is 4.09. The number of anilines is 1. The van der Waals surface area contributed by atoms with Gasteiger partial charge in [-0.15, -0.1) is 0 Å². The lowest BCUT2D eigenvalue weighted by Gasteiger charge is -2.26. The number of nitrogens with zero attached hydrogens (tertiary/aromatic N) is 2. The lowest BCUT2D eigenvalue weighted by atomic mass is 10.1. The standard InChI is InChI=1S/C15H16N2O4/c18-13-5-6-14(19)17(13)8-7-16-11-4-2-1-3-10(11)9-12(16)15(20)21/h1-4,12H,5-9H2,(H,20,21). The molecule has 3 rings (SSSR count). The van der Waals surface area contributed by atoms with Crippen LogP contribution in [0.2, 0.25) is 0 Å². The summed E-state index contributed by atoms with van der Waals surface area (Å²) in [6, 6.07) is 6.91. The highest BCUT2D eigenvalue weighted by molar-refractivity contribution is 6.02. The minimum atomic E-state index is -0.884. The van der Waals surface area contributed by atoms with Crippen LogP contribution in [0.5, 0.6) is 0 Å². The maximum absolute atomic E-state index is 11.6. The Balaban J connectivity index is 1.77. The summed E-state index contributed by atoms with van der Waals surface area (Å²) in [5, 5.41) is 9.36. The molecule has 2 amide bonds. The molecule has 0 radical (unpaired) electrons. The number of hydrogen-bond acceptors (Lipinski definition) is 4. The Hall–Kier alpha value is -2.37. The maximum atomic E-state index is 11.6. The Morgan fingerprint density at radius 2 is 1.81 bits per heavy atom. The molecule has 6 heteroatoms. The molecule has 2 aliphatic heterocycles. The van der Waals surface area contributed by atoms with Gasteiger partial charge in [-0.25, -0.2) is 4.79 Å². The number of imide groups is 1. The average Bonchev–Trinajstić information content (AvgIpc) is 2.98. The van der Waals surface area contributed by atoms with E-state index in [1.807, 2.05) is 24.3 Å². The predicted octanol–water partition coefficient (Wildman–Crippen LogP) is 0.651. The van der Waals surface area contributed by atoms with E-state index in [2.05, 4.69) is 0 Å². The monoisotopic (exact) mass is 288 g/mol. The molecule has 2 aliphatic rings. The van der Waals surface area contributed by atoms with Gasteiger partial charge in [-0.2, -0.15) is 0 Å². The largest absolute Gasteiger partial charge is 0.480 e. The second-order valence-electron chi connectivity index (χ2n) is 5.32. The number of rotatable bonds is 4. The van der Waals surface area contributed by atoms with E-state index in [9.17, 15) is 19.5 Å². The predicted molar refractivity (Wildman–Crippen MR) is 74.9 cm³/mol. The van der Waals surface area contributed by atoms with Crippen LogP contribution < -0.4 is 4.90 Å². The van der Waals surface area contributed by atoms with Crippen LogP contribution in [0, 0.1) is 0 Å². The summed E-state index contributed by atoms with van der Waals surface area (Å²) in [4.78, 5) is 37.7. The Morgan fingerprint density at radius 1 is 1.14 bits per heavy atom. The fraction of sp³-hybridized carbons (Fsp3) is 0.400. The molecule has 0 aromatic heterocycles. The summed E-state index contributed by atoms with van der Waals surface area (Å²) in [5.74, 6) is -1.22. The second kappa shape index (κ2) is 5.20. The van der Waals surface area contributed by atoms with E-state index in [0.717, 1.165) is 11.3 Å². The highest BCUT2D eigenvalue weighted by atomic mass is 16.4. The lowest BCUT2D eigenvalue weighted by Crippen LogP contribution is -2.44. The van der Waals surface area contributed by atoms with E-state index >= 15 is 0 Å². The lowest BCUT2D eigenvalue weighted by molar-refractivity contribution is -0.138. The first-order chi connectivity index (χ1) is 10.1. The Labute approximate surface area is 122 Å². The maximum Gasteiger partial charge on any atom is 0.326 e. The first kappa shape index (κ1) is 13.6. The number of likely N-dealkylation sites (tertiary alicyclic amines) is 1. The molecule has 1 unspecified atom stereocenters. The van der Waals surface area contributed by atoms with Crippen LogP contribution in [0.4, 0.5) is 5.69 Å². The van der Waals surface area contributed by atoms with Gasteiger partial charge in [0.25, 0.3) is 0 Å². The van der Waals surface area contributed by atoms with Gasteiger partial charge in [0.1, 0.15) is 6.04 Å². The number of amides is 2. The number of aliphatic carboxylic acids is 1. The van der Waals surface area contributed by atoms with Gasteiger partial charge in [-0.05, 0) is 11.6 Å². The Kier molecular flexibility index (Phi) is 3.37. The van der Waals surface area contributed by atoms with Crippen molar-refractivity contribution in [2.75, 3.05) is 18.0 Å².